The van der Waals surface area contributed by atoms with E-state index in [-0.39, 0.29) is 24.0 Å². The zero-order valence-electron chi connectivity index (χ0n) is 23.2. The van der Waals surface area contributed by atoms with E-state index in [0.29, 0.717) is 49.1 Å². The van der Waals surface area contributed by atoms with Gasteiger partial charge in [-0.2, -0.15) is 10.2 Å². The smallest absolute Gasteiger partial charge is 0.258 e. The molecule has 3 aromatic heterocycles. The van der Waals surface area contributed by atoms with Crippen LogP contribution >= 0.6 is 0 Å². The quantitative estimate of drug-likeness (QED) is 0.362. The molecular weight excluding hydrogens is 522 g/mol. The topological polar surface area (TPSA) is 122 Å². The third-order valence-corrected chi connectivity index (χ3v) is 8.55. The lowest BCUT2D eigenvalue weighted by molar-refractivity contribution is 0.0265. The Balaban J connectivity index is 1.32. The van der Waals surface area contributed by atoms with Crippen molar-refractivity contribution in [1.82, 2.24) is 29.3 Å². The van der Waals surface area contributed by atoms with Gasteiger partial charge < -0.3 is 24.8 Å². The highest BCUT2D eigenvalue weighted by Crippen LogP contribution is 2.39. The molecular formula is C30H35N7O4. The summed E-state index contributed by atoms with van der Waals surface area (Å²) >= 11 is 0. The maximum absolute atomic E-state index is 14.1. The molecule has 214 valence electrons. The van der Waals surface area contributed by atoms with Gasteiger partial charge in [-0.1, -0.05) is 0 Å². The predicted octanol–water partition coefficient (Wildman–Crippen LogP) is 3.99. The Morgan fingerprint density at radius 3 is 2.41 bits per heavy atom. The molecule has 0 bridgehead atoms. The number of aromatic nitrogens is 5. The van der Waals surface area contributed by atoms with Crippen LogP contribution in [0.2, 0.25) is 0 Å². The largest absolute Gasteiger partial charge is 0.496 e. The van der Waals surface area contributed by atoms with Crippen molar-refractivity contribution in [1.29, 1.82) is 0 Å². The first-order valence-corrected chi connectivity index (χ1v) is 14.5. The van der Waals surface area contributed by atoms with Crippen molar-refractivity contribution >= 4 is 17.2 Å². The van der Waals surface area contributed by atoms with Crippen LogP contribution in [0.5, 0.6) is 5.75 Å². The minimum absolute atomic E-state index is 0.00548. The summed E-state index contributed by atoms with van der Waals surface area (Å²) in [5.74, 6) is 0.945. The average Bonchev–Trinajstić information content (AvgIpc) is 3.58. The number of nitrogen functional groups attached to an aromatic ring is 1. The molecule has 2 aliphatic heterocycles. The van der Waals surface area contributed by atoms with Crippen molar-refractivity contribution in [2.45, 2.75) is 56.7 Å². The van der Waals surface area contributed by atoms with Crippen LogP contribution in [0.15, 0.2) is 42.9 Å². The number of ether oxygens (including phenoxy) is 3. The summed E-state index contributed by atoms with van der Waals surface area (Å²) in [7, 11) is 1.61. The van der Waals surface area contributed by atoms with E-state index in [1.165, 1.54) is 6.33 Å². The molecule has 41 heavy (non-hydrogen) atoms. The summed E-state index contributed by atoms with van der Waals surface area (Å²) in [6.45, 7) is 2.79. The number of rotatable bonds is 7. The Hall–Kier alpha value is -3.96. The molecule has 1 aromatic carbocycles. The van der Waals surface area contributed by atoms with E-state index in [0.717, 1.165) is 61.0 Å². The summed E-state index contributed by atoms with van der Waals surface area (Å²) in [4.78, 5) is 20.5. The van der Waals surface area contributed by atoms with Crippen LogP contribution < -0.4 is 10.5 Å². The van der Waals surface area contributed by atoms with Gasteiger partial charge in [0.2, 0.25) is 0 Å². The number of carbonyl (C=O) groups is 1. The minimum Gasteiger partial charge on any atom is -0.496 e. The van der Waals surface area contributed by atoms with E-state index in [4.69, 9.17) is 19.9 Å². The summed E-state index contributed by atoms with van der Waals surface area (Å²) in [5, 5.41) is 9.27. The lowest BCUT2D eigenvalue weighted by Crippen LogP contribution is -2.45. The van der Waals surface area contributed by atoms with Gasteiger partial charge in [0.25, 0.3) is 5.91 Å². The maximum atomic E-state index is 14.1. The van der Waals surface area contributed by atoms with Crippen LogP contribution in [0.3, 0.4) is 0 Å². The third kappa shape index (κ3) is 4.72. The molecule has 2 saturated heterocycles. The van der Waals surface area contributed by atoms with Gasteiger partial charge in [0.15, 0.2) is 5.82 Å². The lowest BCUT2D eigenvalue weighted by Gasteiger charge is -2.35. The van der Waals surface area contributed by atoms with Crippen molar-refractivity contribution < 1.29 is 19.0 Å². The number of hydrogen-bond donors (Lipinski definition) is 1. The molecule has 11 nitrogen and oxygen atoms in total. The van der Waals surface area contributed by atoms with Gasteiger partial charge >= 0.3 is 0 Å². The Labute approximate surface area is 238 Å². The van der Waals surface area contributed by atoms with Gasteiger partial charge in [0.1, 0.15) is 17.6 Å². The summed E-state index contributed by atoms with van der Waals surface area (Å²) in [6, 6.07) is 10.5. The first kappa shape index (κ1) is 26.0. The SMILES string of the molecule is COc1ccc(-c2cc(-c3ccnn3C3CCOCC3)c3c(N)ncnn23)cc1C(=O)N(C1CCOCC1)C1CC1. The zero-order chi connectivity index (χ0) is 27.9. The summed E-state index contributed by atoms with van der Waals surface area (Å²) in [5.41, 5.74) is 11.2. The van der Waals surface area contributed by atoms with Crippen LogP contribution in [0.1, 0.15) is 54.9 Å². The van der Waals surface area contributed by atoms with Gasteiger partial charge in [-0.25, -0.2) is 9.50 Å². The van der Waals surface area contributed by atoms with Crippen molar-refractivity contribution in [3.05, 3.63) is 48.4 Å². The fourth-order valence-electron chi connectivity index (χ4n) is 6.34. The lowest BCUT2D eigenvalue weighted by atomic mass is 10.0. The molecule has 0 unspecified atom stereocenters. The Bertz CT molecular complexity index is 1560. The highest BCUT2D eigenvalue weighted by molar-refractivity contribution is 5.99. The second kappa shape index (κ2) is 10.8. The van der Waals surface area contributed by atoms with Crippen molar-refractivity contribution in [2.75, 3.05) is 39.3 Å². The van der Waals surface area contributed by atoms with E-state index in [2.05, 4.69) is 30.8 Å². The van der Waals surface area contributed by atoms with Gasteiger partial charge in [-0.3, -0.25) is 9.48 Å². The molecule has 1 saturated carbocycles. The van der Waals surface area contributed by atoms with Crippen molar-refractivity contribution in [3.63, 3.8) is 0 Å². The monoisotopic (exact) mass is 557 g/mol. The number of methoxy groups -OCH3 is 1. The normalized spacial score (nSPS) is 18.6. The number of anilines is 1. The summed E-state index contributed by atoms with van der Waals surface area (Å²) < 4.78 is 20.8. The molecule has 2 N–H and O–H groups in total. The molecule has 7 rings (SSSR count). The van der Waals surface area contributed by atoms with E-state index < -0.39 is 0 Å². The fourth-order valence-corrected chi connectivity index (χ4v) is 6.34. The molecule has 5 heterocycles. The third-order valence-electron chi connectivity index (χ3n) is 8.55. The highest BCUT2D eigenvalue weighted by Gasteiger charge is 2.39. The molecule has 1 aliphatic carbocycles. The van der Waals surface area contributed by atoms with Crippen molar-refractivity contribution in [2.24, 2.45) is 0 Å². The molecule has 4 aromatic rings. The summed E-state index contributed by atoms with van der Waals surface area (Å²) in [6.07, 6.45) is 8.86. The van der Waals surface area contributed by atoms with Crippen molar-refractivity contribution in [3.8, 4) is 28.3 Å². The molecule has 11 heteroatoms. The van der Waals surface area contributed by atoms with Crippen LogP contribution in [0, 0.1) is 0 Å². The zero-order valence-corrected chi connectivity index (χ0v) is 23.2. The number of nitrogens with two attached hydrogens (primary N) is 1. The minimum atomic E-state index is 0.00548. The Kier molecular flexibility index (Phi) is 6.83. The predicted molar refractivity (Wildman–Crippen MR) is 153 cm³/mol. The fraction of sp³-hybridized carbons (Fsp3) is 0.467. The molecule has 0 spiro atoms. The van der Waals surface area contributed by atoms with Gasteiger partial charge in [-0.15, -0.1) is 0 Å². The molecule has 0 radical (unpaired) electrons. The van der Waals surface area contributed by atoms with E-state index >= 15 is 0 Å². The number of fused-ring (bicyclic) bond motifs is 1. The van der Waals surface area contributed by atoms with Crippen LogP contribution in [0.4, 0.5) is 5.82 Å². The Morgan fingerprint density at radius 2 is 1.68 bits per heavy atom. The van der Waals surface area contributed by atoms with E-state index in [9.17, 15) is 4.79 Å². The van der Waals surface area contributed by atoms with Crippen LogP contribution in [-0.2, 0) is 9.47 Å². The van der Waals surface area contributed by atoms with Gasteiger partial charge in [0, 0.05) is 55.8 Å². The molecule has 3 fully saturated rings. The Morgan fingerprint density at radius 1 is 0.951 bits per heavy atom. The number of benzene rings is 1. The van der Waals surface area contributed by atoms with E-state index in [1.54, 1.807) is 7.11 Å². The number of hydrogen-bond acceptors (Lipinski definition) is 8. The molecule has 1 amide bonds. The van der Waals surface area contributed by atoms with Crippen LogP contribution in [0.25, 0.3) is 28.0 Å². The molecule has 0 atom stereocenters. The van der Waals surface area contributed by atoms with Crippen LogP contribution in [-0.4, -0.2) is 80.8 Å². The highest BCUT2D eigenvalue weighted by atomic mass is 16.5. The average molecular weight is 558 g/mol. The van der Waals surface area contributed by atoms with Gasteiger partial charge in [0.05, 0.1) is 30.1 Å². The van der Waals surface area contributed by atoms with Gasteiger partial charge in [-0.05, 0) is 68.9 Å². The second-order valence-corrected chi connectivity index (χ2v) is 11.1. The first-order chi connectivity index (χ1) is 20.1. The van der Waals surface area contributed by atoms with E-state index in [1.807, 2.05) is 35.0 Å². The molecule has 3 aliphatic rings. The first-order valence-electron chi connectivity index (χ1n) is 14.5. The standard InChI is InChI=1S/C30H35N7O4/c1-39-27-5-2-19(16-24(27)30(38)35(20-3-4-20)21-7-12-40-13-8-21)26-17-23(28-29(31)32-18-34-37(26)28)25-6-11-33-36(25)22-9-14-41-15-10-22/h2,5-6,11,16-18,20-22H,3-4,7-10,12-15H2,1H3,(H2,31,32,34). The number of amides is 1. The second-order valence-electron chi connectivity index (χ2n) is 11.1. The number of nitrogens with zero attached hydrogens (tertiary/aromatic N) is 6. The number of carbonyl (C=O) groups excluding carboxylic acids is 1. The maximum Gasteiger partial charge on any atom is 0.258 e.